The maximum atomic E-state index is 12.5. The Kier molecular flexibility index (Phi) is 4.40. The molecule has 2 aromatic carbocycles. The molecule has 0 aliphatic rings. The molecular weight excluding hydrogens is 288 g/mol. The summed E-state index contributed by atoms with van der Waals surface area (Å²) in [5.41, 5.74) is 5.87. The maximum Gasteiger partial charge on any atom is 0.240 e. The second kappa shape index (κ2) is 6.07. The number of hydrogen-bond donors (Lipinski definition) is 2. The van der Waals surface area contributed by atoms with Gasteiger partial charge < -0.3 is 11.1 Å². The second-order valence-electron chi connectivity index (χ2n) is 4.62. The van der Waals surface area contributed by atoms with Crippen LogP contribution in [0.1, 0.15) is 6.92 Å². The predicted molar refractivity (Wildman–Crippen MR) is 80.6 cm³/mol. The van der Waals surface area contributed by atoms with Crippen LogP contribution >= 0.6 is 0 Å². The smallest absolute Gasteiger partial charge is 0.240 e. The van der Waals surface area contributed by atoms with Crippen molar-refractivity contribution in [2.45, 2.75) is 22.8 Å². The molecule has 1 atom stereocenters. The molecule has 2 aromatic rings. The Morgan fingerprint density at radius 2 is 1.67 bits per heavy atom. The van der Waals surface area contributed by atoms with Crippen LogP contribution in [0.5, 0.6) is 0 Å². The number of sulfone groups is 1. The lowest BCUT2D eigenvalue weighted by molar-refractivity contribution is -0.117. The van der Waals surface area contributed by atoms with E-state index in [2.05, 4.69) is 5.32 Å². The van der Waals surface area contributed by atoms with E-state index >= 15 is 0 Å². The third-order valence-corrected chi connectivity index (χ3v) is 4.65. The van der Waals surface area contributed by atoms with Gasteiger partial charge in [-0.3, -0.25) is 4.79 Å². The van der Waals surface area contributed by atoms with Crippen LogP contribution in [0.4, 0.5) is 5.69 Å². The summed E-state index contributed by atoms with van der Waals surface area (Å²) in [6.45, 7) is 1.56. The van der Waals surface area contributed by atoms with E-state index in [-0.39, 0.29) is 15.7 Å². The summed E-state index contributed by atoms with van der Waals surface area (Å²) in [6, 6.07) is 13.6. The van der Waals surface area contributed by atoms with Gasteiger partial charge in [0.2, 0.25) is 15.7 Å². The van der Waals surface area contributed by atoms with Crippen LogP contribution in [0.25, 0.3) is 0 Å². The number of benzene rings is 2. The number of anilines is 1. The molecule has 3 N–H and O–H groups in total. The van der Waals surface area contributed by atoms with Gasteiger partial charge in [0.15, 0.2) is 0 Å². The normalized spacial score (nSPS) is 12.7. The van der Waals surface area contributed by atoms with Gasteiger partial charge in [-0.15, -0.1) is 0 Å². The van der Waals surface area contributed by atoms with Crippen molar-refractivity contribution in [1.29, 1.82) is 0 Å². The summed E-state index contributed by atoms with van der Waals surface area (Å²) in [6.07, 6.45) is 0. The number of rotatable bonds is 4. The lowest BCUT2D eigenvalue weighted by Crippen LogP contribution is -2.32. The quantitative estimate of drug-likeness (QED) is 0.901. The van der Waals surface area contributed by atoms with Crippen LogP contribution in [0.2, 0.25) is 0 Å². The minimum atomic E-state index is -3.60. The maximum absolute atomic E-state index is 12.5. The van der Waals surface area contributed by atoms with E-state index in [4.69, 9.17) is 5.73 Å². The highest BCUT2D eigenvalue weighted by Gasteiger charge is 2.18. The van der Waals surface area contributed by atoms with E-state index in [1.54, 1.807) is 37.3 Å². The fourth-order valence-corrected chi connectivity index (χ4v) is 3.06. The molecular formula is C15H16N2O3S. The molecule has 1 amide bonds. The zero-order valence-electron chi connectivity index (χ0n) is 11.5. The van der Waals surface area contributed by atoms with Gasteiger partial charge in [0, 0.05) is 5.69 Å². The number of carbonyl (C=O) groups excluding carboxylic acids is 1. The zero-order valence-corrected chi connectivity index (χ0v) is 12.3. The molecule has 0 saturated carbocycles. The number of hydrogen-bond acceptors (Lipinski definition) is 4. The van der Waals surface area contributed by atoms with Gasteiger partial charge in [-0.25, -0.2) is 8.42 Å². The Balaban J connectivity index is 2.36. The lowest BCUT2D eigenvalue weighted by atomic mass is 10.3. The van der Waals surface area contributed by atoms with Gasteiger partial charge in [0.1, 0.15) is 0 Å². The van der Waals surface area contributed by atoms with Crippen molar-refractivity contribution in [3.05, 3.63) is 54.6 Å². The number of nitrogens with two attached hydrogens (primary N) is 1. The van der Waals surface area contributed by atoms with Crippen molar-refractivity contribution < 1.29 is 13.2 Å². The molecule has 0 bridgehead atoms. The van der Waals surface area contributed by atoms with E-state index in [1.165, 1.54) is 24.3 Å². The van der Waals surface area contributed by atoms with Crippen molar-refractivity contribution in [3.63, 3.8) is 0 Å². The Morgan fingerprint density at radius 3 is 2.29 bits per heavy atom. The number of carbonyl (C=O) groups is 1. The van der Waals surface area contributed by atoms with Gasteiger partial charge in [-0.05, 0) is 37.3 Å². The monoisotopic (exact) mass is 304 g/mol. The molecule has 21 heavy (non-hydrogen) atoms. The van der Waals surface area contributed by atoms with Crippen LogP contribution in [-0.2, 0) is 14.6 Å². The summed E-state index contributed by atoms with van der Waals surface area (Å²) in [4.78, 5) is 11.9. The molecule has 5 nitrogen and oxygen atoms in total. The van der Waals surface area contributed by atoms with Gasteiger partial charge in [-0.2, -0.15) is 0 Å². The van der Waals surface area contributed by atoms with E-state index in [9.17, 15) is 13.2 Å². The van der Waals surface area contributed by atoms with E-state index in [0.717, 1.165) is 0 Å². The summed E-state index contributed by atoms with van der Waals surface area (Å²) >= 11 is 0. The summed E-state index contributed by atoms with van der Waals surface area (Å²) in [7, 11) is -3.60. The molecule has 0 aliphatic heterocycles. The van der Waals surface area contributed by atoms with Crippen LogP contribution in [0.15, 0.2) is 64.4 Å². The Bertz CT molecular complexity index is 741. The minimum Gasteiger partial charge on any atom is -0.325 e. The topological polar surface area (TPSA) is 89.3 Å². The molecule has 1 unspecified atom stereocenters. The predicted octanol–water partition coefficient (Wildman–Crippen LogP) is 1.81. The first-order valence-corrected chi connectivity index (χ1v) is 7.86. The highest BCUT2D eigenvalue weighted by atomic mass is 32.2. The average Bonchev–Trinajstić information content (AvgIpc) is 2.48. The largest absolute Gasteiger partial charge is 0.325 e. The first kappa shape index (κ1) is 15.2. The highest BCUT2D eigenvalue weighted by Crippen LogP contribution is 2.23. The van der Waals surface area contributed by atoms with E-state index < -0.39 is 15.9 Å². The Labute approximate surface area is 123 Å². The molecule has 6 heteroatoms. The standard InChI is InChI=1S/C15H16N2O3S/c1-11(16)15(18)17-12-6-5-9-14(10-12)21(19,20)13-7-3-2-4-8-13/h2-11H,16H2,1H3,(H,17,18). The average molecular weight is 304 g/mol. The molecule has 0 saturated heterocycles. The van der Waals surface area contributed by atoms with Crippen LogP contribution in [-0.4, -0.2) is 20.4 Å². The molecule has 0 heterocycles. The fourth-order valence-electron chi connectivity index (χ4n) is 1.73. The minimum absolute atomic E-state index is 0.121. The first-order valence-electron chi connectivity index (χ1n) is 6.38. The first-order chi connectivity index (χ1) is 9.91. The zero-order chi connectivity index (χ0) is 15.5. The molecule has 0 fully saturated rings. The molecule has 110 valence electrons. The third-order valence-electron chi connectivity index (χ3n) is 2.88. The van der Waals surface area contributed by atoms with Gasteiger partial charge >= 0.3 is 0 Å². The number of amides is 1. The van der Waals surface area contributed by atoms with E-state index in [1.807, 2.05) is 0 Å². The van der Waals surface area contributed by atoms with Crippen LogP contribution in [0, 0.1) is 0 Å². The second-order valence-corrected chi connectivity index (χ2v) is 6.57. The van der Waals surface area contributed by atoms with Crippen molar-refractivity contribution in [2.75, 3.05) is 5.32 Å². The van der Waals surface area contributed by atoms with Crippen molar-refractivity contribution in [3.8, 4) is 0 Å². The number of nitrogens with one attached hydrogen (secondary N) is 1. The summed E-state index contributed by atoms with van der Waals surface area (Å²) < 4.78 is 24.9. The molecule has 0 aliphatic carbocycles. The molecule has 0 spiro atoms. The van der Waals surface area contributed by atoms with Crippen molar-refractivity contribution in [1.82, 2.24) is 0 Å². The van der Waals surface area contributed by atoms with Crippen LogP contribution < -0.4 is 11.1 Å². The molecule has 0 aromatic heterocycles. The Morgan fingerprint density at radius 1 is 1.05 bits per heavy atom. The van der Waals surface area contributed by atoms with Crippen molar-refractivity contribution in [2.24, 2.45) is 5.73 Å². The van der Waals surface area contributed by atoms with Gasteiger partial charge in [0.25, 0.3) is 0 Å². The highest BCUT2D eigenvalue weighted by molar-refractivity contribution is 7.91. The SMILES string of the molecule is CC(N)C(=O)Nc1cccc(S(=O)(=O)c2ccccc2)c1. The van der Waals surface area contributed by atoms with Crippen LogP contribution in [0.3, 0.4) is 0 Å². The molecule has 0 radical (unpaired) electrons. The molecule has 2 rings (SSSR count). The van der Waals surface area contributed by atoms with Gasteiger partial charge in [0.05, 0.1) is 15.8 Å². The summed E-state index contributed by atoms with van der Waals surface area (Å²) in [5, 5.41) is 2.58. The third kappa shape index (κ3) is 3.48. The fraction of sp³-hybridized carbons (Fsp3) is 0.133. The van der Waals surface area contributed by atoms with Crippen molar-refractivity contribution >= 4 is 21.4 Å². The van der Waals surface area contributed by atoms with E-state index in [0.29, 0.717) is 5.69 Å². The lowest BCUT2D eigenvalue weighted by Gasteiger charge is -2.10. The Hall–Kier alpha value is -2.18. The summed E-state index contributed by atoms with van der Waals surface area (Å²) in [5.74, 6) is -0.371. The van der Waals surface area contributed by atoms with Gasteiger partial charge in [-0.1, -0.05) is 24.3 Å².